The molecule has 5 heteroatoms. The lowest BCUT2D eigenvalue weighted by atomic mass is 10.4. The number of nitrogens with zero attached hydrogens (tertiary/aromatic N) is 1. The molecule has 0 unspecified atom stereocenters. The van der Waals surface area contributed by atoms with Gasteiger partial charge in [0.25, 0.3) is 0 Å². The number of nitrogens with one attached hydrogen (secondary N) is 1. The Labute approximate surface area is 96.2 Å². The van der Waals surface area contributed by atoms with Crippen LogP contribution >= 0.6 is 0 Å². The van der Waals surface area contributed by atoms with Crippen molar-refractivity contribution in [1.82, 2.24) is 5.48 Å². The summed E-state index contributed by atoms with van der Waals surface area (Å²) in [6.45, 7) is 5.00. The van der Waals surface area contributed by atoms with Gasteiger partial charge in [-0.05, 0) is 0 Å². The number of carbonyl (C=O) groups excluding carboxylic acids is 1. The van der Waals surface area contributed by atoms with Gasteiger partial charge in [0.2, 0.25) is 0 Å². The number of quaternary nitrogens is 1. The van der Waals surface area contributed by atoms with Gasteiger partial charge in [-0.3, -0.25) is 0 Å². The molecule has 0 saturated heterocycles. The molecule has 0 aromatic rings. The molecule has 0 aliphatic heterocycles. The molecule has 0 aromatic carbocycles. The van der Waals surface area contributed by atoms with Crippen LogP contribution in [-0.4, -0.2) is 44.7 Å². The van der Waals surface area contributed by atoms with Crippen LogP contribution in [0.4, 0.5) is 0 Å². The molecule has 0 aromatic heterocycles. The Morgan fingerprint density at radius 3 is 2.50 bits per heavy atom. The van der Waals surface area contributed by atoms with E-state index in [4.69, 9.17) is 0 Å². The van der Waals surface area contributed by atoms with Crippen molar-refractivity contribution >= 4 is 5.97 Å². The molecule has 0 atom stereocenters. The molecular formula is C9H19BrN2O2. The molecular weight excluding hydrogens is 248 g/mol. The molecule has 0 bridgehead atoms. The van der Waals surface area contributed by atoms with E-state index in [2.05, 4.69) is 38.0 Å². The zero-order valence-electron chi connectivity index (χ0n) is 9.05. The molecule has 4 nitrogen and oxygen atoms in total. The Hall–Kier alpha value is -0.390. The van der Waals surface area contributed by atoms with Crippen molar-refractivity contribution in [3.05, 3.63) is 12.7 Å². The molecule has 1 N–H and O–H groups in total. The third-order valence-electron chi connectivity index (χ3n) is 1.45. The molecule has 0 rings (SSSR count). The highest BCUT2D eigenvalue weighted by atomic mass is 79.9. The fourth-order valence-corrected chi connectivity index (χ4v) is 0.789. The molecule has 0 radical (unpaired) electrons. The summed E-state index contributed by atoms with van der Waals surface area (Å²) in [6, 6.07) is 0. The highest BCUT2D eigenvalue weighted by molar-refractivity contribution is 5.80. The normalized spacial score (nSPS) is 10.2. The van der Waals surface area contributed by atoms with Crippen molar-refractivity contribution < 1.29 is 31.1 Å². The fourth-order valence-electron chi connectivity index (χ4n) is 0.789. The minimum absolute atomic E-state index is 0. The molecule has 0 heterocycles. The molecule has 0 aliphatic carbocycles. The maximum atomic E-state index is 10.6. The molecule has 0 amide bonds. The van der Waals surface area contributed by atoms with Crippen LogP contribution in [0, 0.1) is 0 Å². The maximum Gasteiger partial charge on any atom is 0.348 e. The van der Waals surface area contributed by atoms with E-state index in [1.165, 1.54) is 0 Å². The summed E-state index contributed by atoms with van der Waals surface area (Å²) in [5.74, 6) is -0.440. The van der Waals surface area contributed by atoms with Gasteiger partial charge in [-0.15, -0.1) is 0 Å². The van der Waals surface area contributed by atoms with E-state index in [1.807, 2.05) is 0 Å². The highest BCUT2D eigenvalue weighted by Crippen LogP contribution is 1.91. The molecule has 0 saturated carbocycles. The van der Waals surface area contributed by atoms with Gasteiger partial charge in [0.1, 0.15) is 0 Å². The molecule has 14 heavy (non-hydrogen) atoms. The van der Waals surface area contributed by atoms with E-state index in [0.29, 0.717) is 6.54 Å². The topological polar surface area (TPSA) is 38.3 Å². The summed E-state index contributed by atoms with van der Waals surface area (Å²) < 4.78 is 0.914. The van der Waals surface area contributed by atoms with Gasteiger partial charge < -0.3 is 26.3 Å². The summed E-state index contributed by atoms with van der Waals surface area (Å²) in [5.41, 5.74) is 2.58. The summed E-state index contributed by atoms with van der Waals surface area (Å²) >= 11 is 0. The van der Waals surface area contributed by atoms with Crippen molar-refractivity contribution in [2.24, 2.45) is 0 Å². The molecule has 84 valence electrons. The number of hydrogen-bond acceptors (Lipinski definition) is 3. The number of hydrogen-bond donors (Lipinski definition) is 1. The first-order valence-electron chi connectivity index (χ1n) is 4.32. The Kier molecular flexibility index (Phi) is 9.13. The van der Waals surface area contributed by atoms with E-state index in [0.717, 1.165) is 23.5 Å². The maximum absolute atomic E-state index is 10.6. The molecule has 0 fully saturated rings. The molecule has 0 spiro atoms. The van der Waals surface area contributed by atoms with Gasteiger partial charge >= 0.3 is 5.97 Å². The van der Waals surface area contributed by atoms with Crippen LogP contribution in [0.3, 0.4) is 0 Å². The van der Waals surface area contributed by atoms with Gasteiger partial charge in [0, 0.05) is 19.0 Å². The van der Waals surface area contributed by atoms with Gasteiger partial charge in [-0.25, -0.2) is 4.79 Å². The van der Waals surface area contributed by atoms with Crippen LogP contribution in [0.15, 0.2) is 12.7 Å². The first-order valence-corrected chi connectivity index (χ1v) is 4.32. The van der Waals surface area contributed by atoms with Crippen LogP contribution in [0.5, 0.6) is 0 Å². The number of hydroxylamine groups is 1. The predicted octanol–water partition coefficient (Wildman–Crippen LogP) is -2.68. The Morgan fingerprint density at radius 2 is 2.07 bits per heavy atom. The standard InChI is InChI=1S/C9H19N2O2.BrH/c1-5-9(12)13-10-7-6-8-11(2,3)4;/h5,10H,1,6-8H2,2-4H3;1H/q+1;/p-1. The van der Waals surface area contributed by atoms with Crippen LogP contribution in [0.1, 0.15) is 6.42 Å². The van der Waals surface area contributed by atoms with Gasteiger partial charge in [-0.1, -0.05) is 6.58 Å². The lowest BCUT2D eigenvalue weighted by molar-refractivity contribution is -0.870. The minimum Gasteiger partial charge on any atom is -1.00 e. The summed E-state index contributed by atoms with van der Waals surface area (Å²) in [4.78, 5) is 15.2. The average molecular weight is 267 g/mol. The zero-order chi connectivity index (χ0) is 10.3. The van der Waals surface area contributed by atoms with Crippen molar-refractivity contribution in [2.75, 3.05) is 34.2 Å². The second kappa shape index (κ2) is 7.96. The highest BCUT2D eigenvalue weighted by Gasteiger charge is 2.05. The van der Waals surface area contributed by atoms with Crippen LogP contribution < -0.4 is 22.5 Å². The number of carbonyl (C=O) groups is 1. The number of halogens is 1. The van der Waals surface area contributed by atoms with Crippen molar-refractivity contribution in [2.45, 2.75) is 6.42 Å². The first-order chi connectivity index (χ1) is 5.95. The van der Waals surface area contributed by atoms with E-state index < -0.39 is 5.97 Å². The smallest absolute Gasteiger partial charge is 0.348 e. The first kappa shape index (κ1) is 16.1. The van der Waals surface area contributed by atoms with Gasteiger partial charge in [-0.2, -0.15) is 5.48 Å². The summed E-state index contributed by atoms with van der Waals surface area (Å²) in [6.07, 6.45) is 2.10. The second-order valence-corrected chi connectivity index (χ2v) is 3.89. The number of rotatable bonds is 6. The lowest BCUT2D eigenvalue weighted by Crippen LogP contribution is -3.00. The van der Waals surface area contributed by atoms with Crippen LogP contribution in [0.2, 0.25) is 0 Å². The average Bonchev–Trinajstić information content (AvgIpc) is 2.01. The third kappa shape index (κ3) is 11.6. The minimum atomic E-state index is -0.440. The Balaban J connectivity index is 0. The SMILES string of the molecule is C=CC(=O)ONCCC[N+](C)(C)C.[Br-]. The van der Waals surface area contributed by atoms with Crippen LogP contribution in [0.25, 0.3) is 0 Å². The fraction of sp³-hybridized carbons (Fsp3) is 0.667. The molecule has 0 aliphatic rings. The van der Waals surface area contributed by atoms with E-state index in [1.54, 1.807) is 0 Å². The van der Waals surface area contributed by atoms with Crippen LogP contribution in [-0.2, 0) is 9.63 Å². The summed E-state index contributed by atoms with van der Waals surface area (Å²) in [5, 5.41) is 0. The van der Waals surface area contributed by atoms with E-state index in [9.17, 15) is 4.79 Å². The quantitative estimate of drug-likeness (QED) is 0.247. The van der Waals surface area contributed by atoms with E-state index in [-0.39, 0.29) is 17.0 Å². The van der Waals surface area contributed by atoms with E-state index >= 15 is 0 Å². The largest absolute Gasteiger partial charge is 1.00 e. The monoisotopic (exact) mass is 266 g/mol. The van der Waals surface area contributed by atoms with Gasteiger partial charge in [0.15, 0.2) is 0 Å². The zero-order valence-corrected chi connectivity index (χ0v) is 10.6. The Bertz CT molecular complexity index is 178. The second-order valence-electron chi connectivity index (χ2n) is 3.89. The van der Waals surface area contributed by atoms with Crippen molar-refractivity contribution in [3.63, 3.8) is 0 Å². The predicted molar refractivity (Wildman–Crippen MR) is 51.8 cm³/mol. The van der Waals surface area contributed by atoms with Crippen molar-refractivity contribution in [3.8, 4) is 0 Å². The Morgan fingerprint density at radius 1 is 1.50 bits per heavy atom. The lowest BCUT2D eigenvalue weighted by Gasteiger charge is -2.23. The summed E-state index contributed by atoms with van der Waals surface area (Å²) in [7, 11) is 6.36. The van der Waals surface area contributed by atoms with Crippen molar-refractivity contribution in [1.29, 1.82) is 0 Å². The van der Waals surface area contributed by atoms with Gasteiger partial charge in [0.05, 0.1) is 27.7 Å². The third-order valence-corrected chi connectivity index (χ3v) is 1.45.